The second-order valence-corrected chi connectivity index (χ2v) is 11.3. The third-order valence-corrected chi connectivity index (χ3v) is 7.22. The summed E-state index contributed by atoms with van der Waals surface area (Å²) >= 11 is 0. The first-order valence-electron chi connectivity index (χ1n) is 13.7. The Hall–Kier alpha value is -4.54. The van der Waals surface area contributed by atoms with Crippen LogP contribution in [0.25, 0.3) is 0 Å². The fourth-order valence-electron chi connectivity index (χ4n) is 3.78. The lowest BCUT2D eigenvalue weighted by atomic mass is 10.1. The predicted molar refractivity (Wildman–Crippen MR) is 163 cm³/mol. The first-order chi connectivity index (χ1) is 21.8. The van der Waals surface area contributed by atoms with Crippen molar-refractivity contribution in [2.45, 2.75) is 19.5 Å². The first-order valence-corrected chi connectivity index (χ1v) is 15.4. The highest BCUT2D eigenvalue weighted by Crippen LogP contribution is 2.29. The number of ether oxygens (including phenoxy) is 5. The van der Waals surface area contributed by atoms with E-state index in [4.69, 9.17) is 14.2 Å². The maximum Gasteiger partial charge on any atom is 0.490 e. The first kappa shape index (κ1) is 35.9. The van der Waals surface area contributed by atoms with Crippen LogP contribution in [0.15, 0.2) is 60.7 Å². The largest absolute Gasteiger partial charge is 0.493 e. The van der Waals surface area contributed by atoms with Gasteiger partial charge in [0.15, 0.2) is 17.4 Å². The van der Waals surface area contributed by atoms with Gasteiger partial charge in [0.25, 0.3) is 5.91 Å². The van der Waals surface area contributed by atoms with Gasteiger partial charge < -0.3 is 34.3 Å². The molecule has 1 fully saturated rings. The minimum absolute atomic E-state index is 0.0823. The third-order valence-electron chi connectivity index (χ3n) is 6.10. The number of nitrogens with one attached hydrogen (secondary N) is 3. The Morgan fingerprint density at radius 1 is 0.935 bits per heavy atom. The van der Waals surface area contributed by atoms with Crippen molar-refractivity contribution in [3.63, 3.8) is 0 Å². The number of sulfonamides is 1. The van der Waals surface area contributed by atoms with Crippen molar-refractivity contribution in [3.05, 3.63) is 71.8 Å². The second kappa shape index (κ2) is 16.7. The molecule has 46 heavy (non-hydrogen) atoms. The predicted octanol–water partition coefficient (Wildman–Crippen LogP) is 4.78. The van der Waals surface area contributed by atoms with Crippen molar-refractivity contribution in [2.24, 2.45) is 0 Å². The summed E-state index contributed by atoms with van der Waals surface area (Å²) in [5, 5.41) is 6.15. The quantitative estimate of drug-likeness (QED) is 0.192. The van der Waals surface area contributed by atoms with Crippen LogP contribution in [0, 0.1) is 6.92 Å². The second-order valence-electron chi connectivity index (χ2n) is 9.57. The summed E-state index contributed by atoms with van der Waals surface area (Å²) in [7, 11) is -0.0364. The highest BCUT2D eigenvalue weighted by atomic mass is 32.2. The zero-order valence-corrected chi connectivity index (χ0v) is 26.0. The summed E-state index contributed by atoms with van der Waals surface area (Å²) in [4.78, 5) is 23.5. The Labute approximate surface area is 264 Å². The molecule has 0 aromatic heterocycles. The number of methoxy groups -OCH3 is 2. The van der Waals surface area contributed by atoms with Crippen molar-refractivity contribution in [1.29, 1.82) is 0 Å². The maximum atomic E-state index is 12.8. The van der Waals surface area contributed by atoms with E-state index in [1.807, 2.05) is 19.1 Å². The molecule has 1 saturated heterocycles. The molecule has 0 atom stereocenters. The SMILES string of the molecule is COc1ccc(C(=O)Nc2cc(Nc3ccc(OCCCOC(=O)C(F)(F)F)cc3)ccc2C)cc1OC.O=S1(=O)COCCN1. The van der Waals surface area contributed by atoms with Gasteiger partial charge >= 0.3 is 12.1 Å². The Balaban J connectivity index is 0.000000625. The van der Waals surface area contributed by atoms with Gasteiger partial charge in [0, 0.05) is 35.6 Å². The van der Waals surface area contributed by atoms with Gasteiger partial charge in [0.2, 0.25) is 10.0 Å². The van der Waals surface area contributed by atoms with E-state index < -0.39 is 28.8 Å². The normalized spacial score (nSPS) is 13.8. The van der Waals surface area contributed by atoms with Crippen molar-refractivity contribution >= 4 is 39.0 Å². The van der Waals surface area contributed by atoms with Crippen LogP contribution >= 0.6 is 0 Å². The fourth-order valence-corrected chi connectivity index (χ4v) is 4.60. The molecule has 12 nitrogen and oxygen atoms in total. The molecule has 250 valence electrons. The summed E-state index contributed by atoms with van der Waals surface area (Å²) in [5.74, 6) is -1.23. The average Bonchev–Trinajstić information content (AvgIpc) is 3.02. The summed E-state index contributed by atoms with van der Waals surface area (Å²) in [6.45, 7) is 2.46. The minimum Gasteiger partial charge on any atom is -0.493 e. The molecule has 0 bridgehead atoms. The van der Waals surface area contributed by atoms with Crippen LogP contribution in [0.1, 0.15) is 22.3 Å². The van der Waals surface area contributed by atoms with Gasteiger partial charge in [-0.2, -0.15) is 13.2 Å². The number of benzene rings is 3. The molecule has 0 aliphatic carbocycles. The smallest absolute Gasteiger partial charge is 0.490 e. The molecular formula is C30H34F3N3O9S. The molecule has 0 radical (unpaired) electrons. The van der Waals surface area contributed by atoms with Crippen molar-refractivity contribution in [1.82, 2.24) is 4.72 Å². The molecule has 3 aromatic rings. The van der Waals surface area contributed by atoms with Gasteiger partial charge in [-0.3, -0.25) is 4.79 Å². The number of rotatable bonds is 11. The van der Waals surface area contributed by atoms with E-state index in [9.17, 15) is 31.2 Å². The van der Waals surface area contributed by atoms with Crippen molar-refractivity contribution in [3.8, 4) is 17.2 Å². The molecule has 1 aliphatic rings. The zero-order valence-electron chi connectivity index (χ0n) is 25.2. The Kier molecular flexibility index (Phi) is 13.0. The topological polar surface area (TPSA) is 151 Å². The van der Waals surface area contributed by atoms with Gasteiger partial charge in [-0.1, -0.05) is 6.07 Å². The van der Waals surface area contributed by atoms with E-state index >= 15 is 0 Å². The molecule has 3 N–H and O–H groups in total. The van der Waals surface area contributed by atoms with Gasteiger partial charge in [0.1, 0.15) is 5.75 Å². The Morgan fingerprint density at radius 3 is 2.22 bits per heavy atom. The van der Waals surface area contributed by atoms with Crippen LogP contribution in [-0.2, 0) is 24.3 Å². The van der Waals surface area contributed by atoms with Gasteiger partial charge in [-0.15, -0.1) is 0 Å². The monoisotopic (exact) mass is 669 g/mol. The standard InChI is InChI=1S/C27H27F3N2O6.C3H7NO3S/c1-17-5-7-20(16-22(17)32-25(33)18-6-12-23(35-2)24(15-18)36-3)31-19-8-10-21(11-9-19)37-13-4-14-38-26(34)27(28,29)30;5-8(6)3-7-2-1-4-8/h5-12,15-16,31H,4,13-14H2,1-3H3,(H,32,33);4H,1-3H2. The molecule has 16 heteroatoms. The Bertz CT molecular complexity index is 1570. The lowest BCUT2D eigenvalue weighted by molar-refractivity contribution is -0.199. The molecule has 0 spiro atoms. The van der Waals surface area contributed by atoms with Crippen LogP contribution in [0.5, 0.6) is 17.2 Å². The highest BCUT2D eigenvalue weighted by molar-refractivity contribution is 7.89. The molecule has 0 unspecified atom stereocenters. The third kappa shape index (κ3) is 11.4. The van der Waals surface area contributed by atoms with Crippen LogP contribution < -0.4 is 29.6 Å². The summed E-state index contributed by atoms with van der Waals surface area (Å²) in [6, 6.07) is 17.4. The summed E-state index contributed by atoms with van der Waals surface area (Å²) in [5.41, 5.74) is 3.39. The number of esters is 1. The van der Waals surface area contributed by atoms with Crippen molar-refractivity contribution in [2.75, 3.05) is 57.2 Å². The number of alkyl halides is 3. The number of amides is 1. The Morgan fingerprint density at radius 2 is 1.63 bits per heavy atom. The number of aryl methyl sites for hydroxylation is 1. The van der Waals surface area contributed by atoms with Crippen LogP contribution in [-0.4, -0.2) is 73.0 Å². The van der Waals surface area contributed by atoms with Gasteiger partial charge in [0.05, 0.1) is 34.0 Å². The highest BCUT2D eigenvalue weighted by Gasteiger charge is 2.40. The molecule has 1 amide bonds. The van der Waals surface area contributed by atoms with Crippen LogP contribution in [0.3, 0.4) is 0 Å². The van der Waals surface area contributed by atoms with Gasteiger partial charge in [-0.05, 0) is 67.1 Å². The number of halogens is 3. The van der Waals surface area contributed by atoms with E-state index in [0.717, 1.165) is 16.9 Å². The molecular weight excluding hydrogens is 635 g/mol. The number of hydrogen-bond acceptors (Lipinski definition) is 10. The summed E-state index contributed by atoms with van der Waals surface area (Å²) in [6.07, 6.45) is -4.89. The van der Waals surface area contributed by atoms with E-state index in [1.54, 1.807) is 48.5 Å². The summed E-state index contributed by atoms with van der Waals surface area (Å²) < 4.78 is 84.1. The van der Waals surface area contributed by atoms with Gasteiger partial charge in [-0.25, -0.2) is 17.9 Å². The van der Waals surface area contributed by atoms with E-state index in [0.29, 0.717) is 41.7 Å². The van der Waals surface area contributed by atoms with E-state index in [1.165, 1.54) is 14.2 Å². The molecule has 1 aliphatic heterocycles. The van der Waals surface area contributed by atoms with Crippen molar-refractivity contribution < 1.29 is 54.9 Å². The number of carbonyl (C=O) groups is 2. The molecule has 0 saturated carbocycles. The van der Waals surface area contributed by atoms with E-state index in [2.05, 4.69) is 24.8 Å². The average molecular weight is 670 g/mol. The minimum atomic E-state index is -5.00. The fraction of sp³-hybridized carbons (Fsp3) is 0.333. The maximum absolute atomic E-state index is 12.8. The van der Waals surface area contributed by atoms with Crippen LogP contribution in [0.2, 0.25) is 0 Å². The molecule has 4 rings (SSSR count). The molecule has 1 heterocycles. The number of hydrogen-bond donors (Lipinski definition) is 3. The van der Waals surface area contributed by atoms with E-state index in [-0.39, 0.29) is 24.9 Å². The zero-order chi connectivity index (χ0) is 33.7. The lowest BCUT2D eigenvalue weighted by Gasteiger charge is -2.14. The number of anilines is 3. The van der Waals surface area contributed by atoms with Crippen LogP contribution in [0.4, 0.5) is 30.2 Å². The number of carbonyl (C=O) groups excluding carboxylic acids is 2. The lowest BCUT2D eigenvalue weighted by Crippen LogP contribution is -2.36. The molecule has 3 aromatic carbocycles.